The van der Waals surface area contributed by atoms with Crippen LogP contribution in [0.15, 0.2) is 36.0 Å². The van der Waals surface area contributed by atoms with Crippen molar-refractivity contribution < 1.29 is 9.18 Å². The third kappa shape index (κ3) is 3.48. The maximum atomic E-state index is 13.5. The number of halogens is 1. The van der Waals surface area contributed by atoms with E-state index in [0.717, 1.165) is 48.0 Å². The molecule has 0 radical (unpaired) electrons. The number of rotatable bonds is 2. The normalized spacial score (nSPS) is 16.1. The van der Waals surface area contributed by atoms with E-state index in [9.17, 15) is 9.18 Å². The Morgan fingerprint density at radius 2 is 2.17 bits per heavy atom. The Morgan fingerprint density at radius 1 is 1.33 bits per heavy atom. The molecule has 0 unspecified atom stereocenters. The zero-order chi connectivity index (χ0) is 21.3. The van der Waals surface area contributed by atoms with E-state index < -0.39 is 5.82 Å². The van der Waals surface area contributed by atoms with Gasteiger partial charge in [0.25, 0.3) is 0 Å². The van der Waals surface area contributed by atoms with Crippen molar-refractivity contribution in [3.8, 4) is 6.07 Å². The zero-order valence-electron chi connectivity index (χ0n) is 16.4. The number of benzene rings is 1. The van der Waals surface area contributed by atoms with Crippen LogP contribution in [0.3, 0.4) is 0 Å². The molecule has 2 aromatic rings. The van der Waals surface area contributed by atoms with Crippen LogP contribution in [0.5, 0.6) is 0 Å². The molecular formula is C21H22FN7O. The molecule has 2 aliphatic heterocycles. The highest BCUT2D eigenvalue weighted by atomic mass is 19.1. The number of nitrogens with two attached hydrogens (primary N) is 2. The molecule has 0 fully saturated rings. The number of nitriles is 1. The minimum absolute atomic E-state index is 0.117. The third-order valence-electron chi connectivity index (χ3n) is 5.44. The van der Waals surface area contributed by atoms with Crippen molar-refractivity contribution >= 4 is 17.4 Å². The van der Waals surface area contributed by atoms with E-state index >= 15 is 0 Å². The minimum atomic E-state index is -0.620. The third-order valence-corrected chi connectivity index (χ3v) is 5.44. The number of amides is 2. The van der Waals surface area contributed by atoms with Crippen molar-refractivity contribution in [2.75, 3.05) is 11.9 Å². The molecule has 3 heterocycles. The molecule has 0 saturated heterocycles. The summed E-state index contributed by atoms with van der Waals surface area (Å²) in [5.74, 6) is -0.620. The number of nitrogens with one attached hydrogen (secondary N) is 1. The van der Waals surface area contributed by atoms with Gasteiger partial charge in [-0.25, -0.2) is 9.18 Å². The molecule has 30 heavy (non-hydrogen) atoms. The Balaban J connectivity index is 1.60. The van der Waals surface area contributed by atoms with Gasteiger partial charge in [0, 0.05) is 30.8 Å². The molecule has 8 nitrogen and oxygen atoms in total. The highest BCUT2D eigenvalue weighted by Crippen LogP contribution is 2.31. The molecule has 1 aromatic carbocycles. The number of hydrogen-bond acceptors (Lipinski definition) is 5. The van der Waals surface area contributed by atoms with Crippen LogP contribution in [0.2, 0.25) is 0 Å². The van der Waals surface area contributed by atoms with E-state index in [4.69, 9.17) is 21.8 Å². The number of fused-ring (bicyclic) bond motifs is 3. The lowest BCUT2D eigenvalue weighted by atomic mass is 10.0. The standard InChI is InChI=1S/C21H22FN7O/c22-17-4-3-15(10-14(17)11-24)26-21(30)28-9-6-18-16(12-28)20-19(25)13(5-7-23)2-1-8-29(20)27-18/h3-5,7,10H,1-2,6,8-9,12,23,25H2,(H,26,30)/b7-5-. The number of carbonyl (C=O) groups excluding carboxylic acids is 1. The highest BCUT2D eigenvalue weighted by molar-refractivity contribution is 5.89. The van der Waals surface area contributed by atoms with Crippen molar-refractivity contribution in [1.82, 2.24) is 14.7 Å². The maximum absolute atomic E-state index is 13.5. The lowest BCUT2D eigenvalue weighted by Crippen LogP contribution is -2.39. The van der Waals surface area contributed by atoms with Gasteiger partial charge >= 0.3 is 6.03 Å². The van der Waals surface area contributed by atoms with E-state index in [1.165, 1.54) is 18.3 Å². The second-order valence-corrected chi connectivity index (χ2v) is 7.31. The first-order valence-corrected chi connectivity index (χ1v) is 9.73. The summed E-state index contributed by atoms with van der Waals surface area (Å²) >= 11 is 0. The molecule has 5 N–H and O–H groups in total. The summed E-state index contributed by atoms with van der Waals surface area (Å²) in [6, 6.07) is 5.37. The number of anilines is 1. The molecule has 0 bridgehead atoms. The van der Waals surface area contributed by atoms with Crippen molar-refractivity contribution in [1.29, 1.82) is 5.26 Å². The molecule has 1 aromatic heterocycles. The fraction of sp³-hybridized carbons (Fsp3) is 0.286. The topological polar surface area (TPSA) is 126 Å². The second kappa shape index (κ2) is 7.91. The Labute approximate surface area is 173 Å². The molecule has 154 valence electrons. The van der Waals surface area contributed by atoms with Crippen LogP contribution >= 0.6 is 0 Å². The Hall–Kier alpha value is -3.80. The predicted molar refractivity (Wildman–Crippen MR) is 110 cm³/mol. The van der Waals surface area contributed by atoms with Crippen LogP contribution in [0.1, 0.15) is 35.4 Å². The van der Waals surface area contributed by atoms with E-state index in [1.807, 2.05) is 10.8 Å². The molecule has 2 amide bonds. The van der Waals surface area contributed by atoms with Gasteiger partial charge in [0.1, 0.15) is 11.9 Å². The summed E-state index contributed by atoms with van der Waals surface area (Å²) in [5.41, 5.74) is 16.6. The molecule has 0 aliphatic carbocycles. The van der Waals surface area contributed by atoms with E-state index in [0.29, 0.717) is 30.9 Å². The summed E-state index contributed by atoms with van der Waals surface area (Å²) in [6.07, 6.45) is 5.64. The molecule has 0 spiro atoms. The van der Waals surface area contributed by atoms with Gasteiger partial charge in [-0.2, -0.15) is 10.4 Å². The van der Waals surface area contributed by atoms with E-state index in [2.05, 4.69) is 5.32 Å². The zero-order valence-corrected chi connectivity index (χ0v) is 16.4. The van der Waals surface area contributed by atoms with Gasteiger partial charge in [-0.15, -0.1) is 0 Å². The molecule has 0 saturated carbocycles. The SMILES string of the molecule is N#Cc1cc(NC(=O)N2CCc3nn4c(c3C2)C(N)=C(/C=C\N)CCC4)ccc1F. The molecule has 2 aliphatic rings. The van der Waals surface area contributed by atoms with Crippen molar-refractivity contribution in [3.05, 3.63) is 64.4 Å². The molecule has 9 heteroatoms. The van der Waals surface area contributed by atoms with Gasteiger partial charge in [0.05, 0.1) is 29.2 Å². The number of urea groups is 1. The monoisotopic (exact) mass is 407 g/mol. The average Bonchev–Trinajstić information content (AvgIpc) is 3.03. The van der Waals surface area contributed by atoms with Gasteiger partial charge in [-0.1, -0.05) is 0 Å². The summed E-state index contributed by atoms with van der Waals surface area (Å²) < 4.78 is 15.5. The summed E-state index contributed by atoms with van der Waals surface area (Å²) in [4.78, 5) is 14.5. The lowest BCUT2D eigenvalue weighted by Gasteiger charge is -2.27. The Morgan fingerprint density at radius 3 is 2.93 bits per heavy atom. The van der Waals surface area contributed by atoms with Crippen LogP contribution in [-0.4, -0.2) is 27.3 Å². The number of nitrogens with zero attached hydrogens (tertiary/aromatic N) is 4. The van der Waals surface area contributed by atoms with Crippen LogP contribution < -0.4 is 16.8 Å². The lowest BCUT2D eigenvalue weighted by molar-refractivity contribution is 0.206. The average molecular weight is 407 g/mol. The minimum Gasteiger partial charge on any atom is -0.405 e. The Kier molecular flexibility index (Phi) is 5.14. The highest BCUT2D eigenvalue weighted by Gasteiger charge is 2.29. The number of aromatic nitrogens is 2. The molecule has 0 atom stereocenters. The van der Waals surface area contributed by atoms with Crippen LogP contribution in [0.4, 0.5) is 14.9 Å². The first-order valence-electron chi connectivity index (χ1n) is 9.73. The van der Waals surface area contributed by atoms with Gasteiger partial charge in [-0.3, -0.25) is 4.68 Å². The van der Waals surface area contributed by atoms with Gasteiger partial charge in [-0.05, 0) is 48.9 Å². The van der Waals surface area contributed by atoms with Crippen molar-refractivity contribution in [2.24, 2.45) is 11.5 Å². The Bertz CT molecular complexity index is 1110. The first-order chi connectivity index (χ1) is 14.5. The van der Waals surface area contributed by atoms with Crippen LogP contribution in [-0.2, 0) is 19.5 Å². The van der Waals surface area contributed by atoms with E-state index in [1.54, 1.807) is 11.0 Å². The number of allylic oxidation sites excluding steroid dienone is 2. The van der Waals surface area contributed by atoms with Gasteiger partial charge < -0.3 is 21.7 Å². The summed E-state index contributed by atoms with van der Waals surface area (Å²) in [6.45, 7) is 1.62. The van der Waals surface area contributed by atoms with Crippen LogP contribution in [0, 0.1) is 17.1 Å². The predicted octanol–water partition coefficient (Wildman–Crippen LogP) is 2.42. The van der Waals surface area contributed by atoms with Crippen molar-refractivity contribution in [2.45, 2.75) is 32.4 Å². The smallest absolute Gasteiger partial charge is 0.322 e. The van der Waals surface area contributed by atoms with Crippen molar-refractivity contribution in [3.63, 3.8) is 0 Å². The molecule has 4 rings (SSSR count). The maximum Gasteiger partial charge on any atom is 0.322 e. The second-order valence-electron chi connectivity index (χ2n) is 7.31. The van der Waals surface area contributed by atoms with Crippen LogP contribution in [0.25, 0.3) is 5.70 Å². The van der Waals surface area contributed by atoms with Gasteiger partial charge in [0.2, 0.25) is 0 Å². The van der Waals surface area contributed by atoms with E-state index in [-0.39, 0.29) is 11.6 Å². The number of aryl methyl sites for hydroxylation is 1. The quantitative estimate of drug-likeness (QED) is 0.705. The molecular weight excluding hydrogens is 385 g/mol. The summed E-state index contributed by atoms with van der Waals surface area (Å²) in [7, 11) is 0. The fourth-order valence-electron chi connectivity index (χ4n) is 3.95. The number of hydrogen-bond donors (Lipinski definition) is 3. The largest absolute Gasteiger partial charge is 0.405 e. The summed E-state index contributed by atoms with van der Waals surface area (Å²) in [5, 5.41) is 16.4. The van der Waals surface area contributed by atoms with Gasteiger partial charge in [0.15, 0.2) is 0 Å². The first kappa shape index (κ1) is 19.5. The number of carbonyl (C=O) groups is 1. The fourth-order valence-corrected chi connectivity index (χ4v) is 3.95.